The zero-order chi connectivity index (χ0) is 20.5. The van der Waals surface area contributed by atoms with Crippen LogP contribution in [0, 0.1) is 5.82 Å². The number of aromatic nitrogens is 3. The van der Waals surface area contributed by atoms with E-state index in [4.69, 9.17) is 0 Å². The number of hydrogen-bond acceptors (Lipinski definition) is 3. The first kappa shape index (κ1) is 19.3. The van der Waals surface area contributed by atoms with Gasteiger partial charge in [0.05, 0.1) is 28.5 Å². The van der Waals surface area contributed by atoms with E-state index < -0.39 is 0 Å². The Bertz CT molecular complexity index is 1290. The van der Waals surface area contributed by atoms with E-state index in [9.17, 15) is 9.18 Å². The summed E-state index contributed by atoms with van der Waals surface area (Å²) in [6, 6.07) is 15.5. The number of fused-ring (bicyclic) bond motifs is 1. The second kappa shape index (κ2) is 7.75. The van der Waals surface area contributed by atoms with Gasteiger partial charge in [0.15, 0.2) is 0 Å². The Morgan fingerprint density at radius 2 is 1.93 bits per heavy atom. The number of nitrogens with zero attached hydrogens (tertiary/aromatic N) is 4. The summed E-state index contributed by atoms with van der Waals surface area (Å²) < 4.78 is 18.0. The molecule has 0 unspecified atom stereocenters. The number of para-hydroxylation sites is 1. The maximum absolute atomic E-state index is 14.2. The van der Waals surface area contributed by atoms with Gasteiger partial charge >= 0.3 is 0 Å². The molecule has 2 aromatic heterocycles. The topological polar surface area (TPSA) is 52.2 Å². The van der Waals surface area contributed by atoms with E-state index in [1.807, 2.05) is 26.0 Å². The lowest BCUT2D eigenvalue weighted by Crippen LogP contribution is -2.23. The first-order chi connectivity index (χ1) is 14.0. The highest BCUT2D eigenvalue weighted by Crippen LogP contribution is 2.19. The summed E-state index contributed by atoms with van der Waals surface area (Å²) in [7, 11) is 0. The average molecular weight is 453 g/mol. The van der Waals surface area contributed by atoms with Crippen molar-refractivity contribution in [2.24, 2.45) is 5.10 Å². The van der Waals surface area contributed by atoms with Crippen molar-refractivity contribution in [3.05, 3.63) is 93.0 Å². The van der Waals surface area contributed by atoms with Gasteiger partial charge in [0.1, 0.15) is 11.6 Å². The first-order valence-electron chi connectivity index (χ1n) is 9.14. The van der Waals surface area contributed by atoms with Crippen molar-refractivity contribution in [1.29, 1.82) is 0 Å². The molecule has 0 spiro atoms. The minimum Gasteiger partial charge on any atom is -0.313 e. The zero-order valence-corrected chi connectivity index (χ0v) is 17.5. The predicted molar refractivity (Wildman–Crippen MR) is 117 cm³/mol. The summed E-state index contributed by atoms with van der Waals surface area (Å²) in [6.07, 6.45) is 3.30. The molecule has 0 fully saturated rings. The highest BCUT2D eigenvalue weighted by atomic mass is 79.9. The number of halogens is 2. The van der Waals surface area contributed by atoms with Gasteiger partial charge in [-0.1, -0.05) is 41.9 Å². The van der Waals surface area contributed by atoms with Crippen LogP contribution in [-0.4, -0.2) is 20.4 Å². The summed E-state index contributed by atoms with van der Waals surface area (Å²) in [5.74, 6) is 0.215. The van der Waals surface area contributed by atoms with Gasteiger partial charge in [-0.05, 0) is 42.5 Å². The minimum absolute atomic E-state index is 0.00810. The van der Waals surface area contributed by atoms with Crippen molar-refractivity contribution in [3.8, 4) is 5.69 Å². The highest BCUT2D eigenvalue weighted by molar-refractivity contribution is 9.10. The fraction of sp³-hybridized carbons (Fsp3) is 0.136. The van der Waals surface area contributed by atoms with Crippen molar-refractivity contribution in [2.75, 3.05) is 0 Å². The molecule has 2 heterocycles. The zero-order valence-electron chi connectivity index (χ0n) is 15.9. The number of hydrogen-bond donors (Lipinski definition) is 0. The summed E-state index contributed by atoms with van der Waals surface area (Å²) >= 11 is 3.40. The normalized spacial score (nSPS) is 11.8. The van der Waals surface area contributed by atoms with Gasteiger partial charge in [0.2, 0.25) is 0 Å². The van der Waals surface area contributed by atoms with Crippen molar-refractivity contribution in [3.63, 3.8) is 0 Å². The van der Waals surface area contributed by atoms with Crippen molar-refractivity contribution < 1.29 is 4.39 Å². The lowest BCUT2D eigenvalue weighted by molar-refractivity contribution is 0.618. The van der Waals surface area contributed by atoms with Crippen LogP contribution in [0.1, 0.15) is 31.3 Å². The Kier molecular flexibility index (Phi) is 5.15. The van der Waals surface area contributed by atoms with E-state index in [1.54, 1.807) is 53.4 Å². The fourth-order valence-electron chi connectivity index (χ4n) is 3.13. The lowest BCUT2D eigenvalue weighted by Gasteiger charge is -2.12. The molecular formula is C22H18BrFN4O. The Morgan fingerprint density at radius 1 is 1.14 bits per heavy atom. The van der Waals surface area contributed by atoms with Gasteiger partial charge in [0.25, 0.3) is 5.56 Å². The van der Waals surface area contributed by atoms with E-state index in [2.05, 4.69) is 26.0 Å². The number of benzene rings is 2. The summed E-state index contributed by atoms with van der Waals surface area (Å²) in [5.41, 5.74) is 1.44. The molecule has 0 aliphatic carbocycles. The molecule has 4 aromatic rings. The maximum atomic E-state index is 14.2. The molecule has 0 aliphatic rings. The molecule has 7 heteroatoms. The van der Waals surface area contributed by atoms with Crippen LogP contribution < -0.4 is 5.56 Å². The van der Waals surface area contributed by atoms with Gasteiger partial charge < -0.3 is 4.57 Å². The molecule has 146 valence electrons. The van der Waals surface area contributed by atoms with E-state index in [0.717, 1.165) is 4.47 Å². The van der Waals surface area contributed by atoms with Crippen molar-refractivity contribution in [2.45, 2.75) is 19.8 Å². The molecule has 2 aromatic carbocycles. The molecule has 0 aliphatic heterocycles. The van der Waals surface area contributed by atoms with Crippen LogP contribution in [-0.2, 0) is 0 Å². The van der Waals surface area contributed by atoms with Gasteiger partial charge in [-0.25, -0.2) is 9.37 Å². The molecular weight excluding hydrogens is 435 g/mol. The van der Waals surface area contributed by atoms with Crippen LogP contribution >= 0.6 is 15.9 Å². The Morgan fingerprint density at radius 3 is 2.69 bits per heavy atom. The van der Waals surface area contributed by atoms with Gasteiger partial charge in [-0.2, -0.15) is 9.78 Å². The molecule has 0 N–H and O–H groups in total. The SMILES string of the molecule is CC(C)c1nc2ccc(Br)cc2c(=O)n1N=Cc1cccn1-c1ccccc1F. The lowest BCUT2D eigenvalue weighted by atomic mass is 10.2. The van der Waals surface area contributed by atoms with Crippen LogP contribution in [0.4, 0.5) is 4.39 Å². The summed E-state index contributed by atoms with van der Waals surface area (Å²) in [5, 5.41) is 4.90. The highest BCUT2D eigenvalue weighted by Gasteiger charge is 2.14. The molecule has 29 heavy (non-hydrogen) atoms. The Hall–Kier alpha value is -3.06. The summed E-state index contributed by atoms with van der Waals surface area (Å²) in [6.45, 7) is 3.92. The second-order valence-electron chi connectivity index (χ2n) is 6.90. The monoisotopic (exact) mass is 452 g/mol. The quantitative estimate of drug-likeness (QED) is 0.404. The molecule has 0 saturated carbocycles. The molecule has 5 nitrogen and oxygen atoms in total. The molecule has 0 atom stereocenters. The van der Waals surface area contributed by atoms with Crippen LogP contribution in [0.5, 0.6) is 0 Å². The third-order valence-corrected chi connectivity index (χ3v) is 5.04. The fourth-order valence-corrected chi connectivity index (χ4v) is 3.49. The van der Waals surface area contributed by atoms with Crippen molar-refractivity contribution >= 4 is 33.0 Å². The second-order valence-corrected chi connectivity index (χ2v) is 7.82. The van der Waals surface area contributed by atoms with Crippen LogP contribution in [0.2, 0.25) is 0 Å². The summed E-state index contributed by atoms with van der Waals surface area (Å²) in [4.78, 5) is 17.7. The standard InChI is InChI=1S/C22H18BrFN4O/c1-14(2)21-26-19-10-9-15(23)12-17(19)22(29)28(21)25-13-16-6-5-11-27(16)20-8-4-3-7-18(20)24/h3-14H,1-2H3. The third kappa shape index (κ3) is 3.65. The van der Waals surface area contributed by atoms with Crippen molar-refractivity contribution in [1.82, 2.24) is 14.2 Å². The maximum Gasteiger partial charge on any atom is 0.282 e. The van der Waals surface area contributed by atoms with Crippen LogP contribution in [0.25, 0.3) is 16.6 Å². The Balaban J connectivity index is 1.85. The predicted octanol–water partition coefficient (Wildman–Crippen LogP) is 5.09. The van der Waals surface area contributed by atoms with Gasteiger partial charge in [-0.15, -0.1) is 0 Å². The van der Waals surface area contributed by atoms with E-state index in [-0.39, 0.29) is 17.3 Å². The van der Waals surface area contributed by atoms with E-state index in [1.165, 1.54) is 10.7 Å². The van der Waals surface area contributed by atoms with Gasteiger partial charge in [-0.3, -0.25) is 4.79 Å². The van der Waals surface area contributed by atoms with E-state index in [0.29, 0.717) is 28.1 Å². The number of rotatable bonds is 4. The molecule has 4 rings (SSSR count). The Labute approximate surface area is 175 Å². The average Bonchev–Trinajstić information content (AvgIpc) is 3.16. The van der Waals surface area contributed by atoms with Crippen LogP contribution in [0.3, 0.4) is 0 Å². The largest absolute Gasteiger partial charge is 0.313 e. The third-order valence-electron chi connectivity index (χ3n) is 4.55. The van der Waals surface area contributed by atoms with Crippen LogP contribution in [0.15, 0.2) is 75.2 Å². The molecule has 0 bridgehead atoms. The van der Waals surface area contributed by atoms with E-state index >= 15 is 0 Å². The minimum atomic E-state index is -0.337. The first-order valence-corrected chi connectivity index (χ1v) is 9.94. The molecule has 0 radical (unpaired) electrons. The van der Waals surface area contributed by atoms with Gasteiger partial charge in [0, 0.05) is 16.6 Å². The molecule has 0 amide bonds. The smallest absolute Gasteiger partial charge is 0.282 e. The molecule has 0 saturated heterocycles.